The summed E-state index contributed by atoms with van der Waals surface area (Å²) in [6.07, 6.45) is 0. The Morgan fingerprint density at radius 1 is 1.32 bits per heavy atom. The van der Waals surface area contributed by atoms with E-state index >= 15 is 0 Å². The molecular formula is C18H18N4O5S. The molecule has 0 aliphatic rings. The molecular weight excluding hydrogens is 384 g/mol. The summed E-state index contributed by atoms with van der Waals surface area (Å²) in [5, 5.41) is 23.7. The van der Waals surface area contributed by atoms with Crippen LogP contribution in [-0.4, -0.2) is 42.6 Å². The van der Waals surface area contributed by atoms with Crippen LogP contribution in [-0.2, 0) is 16.1 Å². The van der Waals surface area contributed by atoms with Gasteiger partial charge in [-0.1, -0.05) is 12.1 Å². The molecule has 0 saturated carbocycles. The summed E-state index contributed by atoms with van der Waals surface area (Å²) in [6, 6.07) is 8.49. The molecule has 0 aliphatic carbocycles. The third kappa shape index (κ3) is 5.06. The molecule has 1 aromatic heterocycles. The number of nitriles is 1. The Morgan fingerprint density at radius 3 is 2.68 bits per heavy atom. The molecule has 9 nitrogen and oxygen atoms in total. The third-order valence-corrected chi connectivity index (χ3v) is 4.81. The van der Waals surface area contributed by atoms with E-state index in [1.165, 1.54) is 18.2 Å². The number of carbonyl (C=O) groups is 3. The number of phenolic OH excluding ortho intramolecular Hbond substituents is 1. The van der Waals surface area contributed by atoms with Gasteiger partial charge in [0, 0.05) is 13.1 Å². The molecule has 0 aliphatic heterocycles. The van der Waals surface area contributed by atoms with Gasteiger partial charge in [-0.25, -0.2) is 4.79 Å². The molecule has 2 rings (SSSR count). The Morgan fingerprint density at radius 2 is 2.07 bits per heavy atom. The molecule has 146 valence electrons. The van der Waals surface area contributed by atoms with Gasteiger partial charge in [0.15, 0.2) is 0 Å². The van der Waals surface area contributed by atoms with Crippen molar-refractivity contribution in [3.05, 3.63) is 51.2 Å². The fraction of sp³-hybridized carbons (Fsp3) is 0.222. The first kappa shape index (κ1) is 20.9. The number of hydrogen-bond acceptors (Lipinski definition) is 8. The summed E-state index contributed by atoms with van der Waals surface area (Å²) in [4.78, 5) is 36.4. The Balaban J connectivity index is 2.12. The molecule has 0 saturated heterocycles. The van der Waals surface area contributed by atoms with Crippen LogP contribution in [0.5, 0.6) is 5.75 Å². The van der Waals surface area contributed by atoms with E-state index in [1.807, 2.05) is 6.07 Å². The number of amides is 2. The van der Waals surface area contributed by atoms with Crippen molar-refractivity contribution in [2.45, 2.75) is 12.6 Å². The monoisotopic (exact) mass is 402 g/mol. The van der Waals surface area contributed by atoms with Crippen LogP contribution < -0.4 is 16.4 Å². The average Bonchev–Trinajstić information content (AvgIpc) is 3.14. The standard InChI is InChI=1S/C18H18N4O5S/c1-27-18(26)13(8-20)22-17(25)15-11(7-19)6-14(28-15)16(24)21-9-10-3-2-4-12(23)5-10/h2-6,13,23H,8-9,20H2,1H3,(H,21,24)(H,22,25)/t13-/m0/s1. The largest absolute Gasteiger partial charge is 0.508 e. The first-order valence-electron chi connectivity index (χ1n) is 8.08. The van der Waals surface area contributed by atoms with Gasteiger partial charge in [-0.15, -0.1) is 11.3 Å². The number of aromatic hydroxyl groups is 1. The van der Waals surface area contributed by atoms with Crippen molar-refractivity contribution in [3.63, 3.8) is 0 Å². The van der Waals surface area contributed by atoms with Crippen molar-refractivity contribution in [2.24, 2.45) is 5.73 Å². The van der Waals surface area contributed by atoms with E-state index in [1.54, 1.807) is 12.1 Å². The number of thiophene rings is 1. The Bertz CT molecular complexity index is 934. The first-order chi connectivity index (χ1) is 13.4. The van der Waals surface area contributed by atoms with E-state index in [0.29, 0.717) is 5.56 Å². The van der Waals surface area contributed by atoms with Crippen LogP contribution >= 0.6 is 11.3 Å². The van der Waals surface area contributed by atoms with Gasteiger partial charge in [-0.2, -0.15) is 5.26 Å². The number of rotatable bonds is 7. The summed E-state index contributed by atoms with van der Waals surface area (Å²) in [7, 11) is 1.16. The Hall–Kier alpha value is -3.42. The molecule has 2 amide bonds. The van der Waals surface area contributed by atoms with E-state index < -0.39 is 23.8 Å². The number of benzene rings is 1. The maximum Gasteiger partial charge on any atom is 0.329 e. The molecule has 1 heterocycles. The molecule has 1 aromatic carbocycles. The number of ether oxygens (including phenoxy) is 1. The molecule has 5 N–H and O–H groups in total. The van der Waals surface area contributed by atoms with E-state index in [-0.39, 0.29) is 34.2 Å². The van der Waals surface area contributed by atoms with Crippen LogP contribution in [0.3, 0.4) is 0 Å². The van der Waals surface area contributed by atoms with E-state index in [2.05, 4.69) is 15.4 Å². The predicted octanol–water partition coefficient (Wildman–Crippen LogP) is 0.485. The zero-order valence-corrected chi connectivity index (χ0v) is 15.7. The predicted molar refractivity (Wildman–Crippen MR) is 101 cm³/mol. The highest BCUT2D eigenvalue weighted by Crippen LogP contribution is 2.22. The zero-order valence-electron chi connectivity index (χ0n) is 14.9. The van der Waals surface area contributed by atoms with Gasteiger partial charge in [-0.3, -0.25) is 9.59 Å². The van der Waals surface area contributed by atoms with Crippen molar-refractivity contribution in [1.29, 1.82) is 5.26 Å². The summed E-state index contributed by atoms with van der Waals surface area (Å²) in [5.41, 5.74) is 6.14. The lowest BCUT2D eigenvalue weighted by Gasteiger charge is -2.13. The normalized spacial score (nSPS) is 11.2. The van der Waals surface area contributed by atoms with Crippen LogP contribution in [0.4, 0.5) is 0 Å². The van der Waals surface area contributed by atoms with Crippen molar-refractivity contribution in [2.75, 3.05) is 13.7 Å². The minimum absolute atomic E-state index is 0.00522. The molecule has 2 aromatic rings. The second kappa shape index (κ2) is 9.50. The first-order valence-corrected chi connectivity index (χ1v) is 8.90. The number of nitrogens with two attached hydrogens (primary N) is 1. The van der Waals surface area contributed by atoms with Gasteiger partial charge in [0.1, 0.15) is 22.7 Å². The third-order valence-electron chi connectivity index (χ3n) is 3.67. The fourth-order valence-corrected chi connectivity index (χ4v) is 3.20. The highest BCUT2D eigenvalue weighted by molar-refractivity contribution is 7.16. The van der Waals surface area contributed by atoms with E-state index in [4.69, 9.17) is 5.73 Å². The minimum Gasteiger partial charge on any atom is -0.508 e. The number of hydrogen-bond donors (Lipinski definition) is 4. The highest BCUT2D eigenvalue weighted by Gasteiger charge is 2.25. The van der Waals surface area contributed by atoms with E-state index in [0.717, 1.165) is 18.4 Å². The minimum atomic E-state index is -1.06. The number of nitrogens with zero attached hydrogens (tertiary/aromatic N) is 1. The molecule has 0 spiro atoms. The molecule has 0 bridgehead atoms. The summed E-state index contributed by atoms with van der Waals surface area (Å²) < 4.78 is 4.55. The van der Waals surface area contributed by atoms with Crippen molar-refractivity contribution < 1.29 is 24.2 Å². The van der Waals surface area contributed by atoms with Crippen LogP contribution in [0.15, 0.2) is 30.3 Å². The maximum absolute atomic E-state index is 12.4. The highest BCUT2D eigenvalue weighted by atomic mass is 32.1. The van der Waals surface area contributed by atoms with Crippen molar-refractivity contribution >= 4 is 29.1 Å². The number of methoxy groups -OCH3 is 1. The van der Waals surface area contributed by atoms with Crippen molar-refractivity contribution in [3.8, 4) is 11.8 Å². The lowest BCUT2D eigenvalue weighted by atomic mass is 10.2. The SMILES string of the molecule is COC(=O)[C@H](CN)NC(=O)c1sc(C(=O)NCc2cccc(O)c2)cc1C#N. The number of nitrogens with one attached hydrogen (secondary N) is 2. The van der Waals surface area contributed by atoms with Gasteiger partial charge in [0.25, 0.3) is 11.8 Å². The molecule has 0 unspecified atom stereocenters. The van der Waals surface area contributed by atoms with Gasteiger partial charge < -0.3 is 26.2 Å². The summed E-state index contributed by atoms with van der Waals surface area (Å²) in [6.45, 7) is -0.0188. The second-order valence-electron chi connectivity index (χ2n) is 5.60. The zero-order chi connectivity index (χ0) is 20.7. The lowest BCUT2D eigenvalue weighted by molar-refractivity contribution is -0.142. The molecule has 0 radical (unpaired) electrons. The van der Waals surface area contributed by atoms with Crippen LogP contribution in [0.2, 0.25) is 0 Å². The maximum atomic E-state index is 12.4. The molecule has 1 atom stereocenters. The molecule has 0 fully saturated rings. The lowest BCUT2D eigenvalue weighted by Crippen LogP contribution is -2.46. The topological polar surface area (TPSA) is 155 Å². The van der Waals surface area contributed by atoms with Gasteiger partial charge in [0.2, 0.25) is 0 Å². The van der Waals surface area contributed by atoms with Crippen LogP contribution in [0.1, 0.15) is 30.5 Å². The van der Waals surface area contributed by atoms with Crippen molar-refractivity contribution in [1.82, 2.24) is 10.6 Å². The summed E-state index contributed by atoms with van der Waals surface area (Å²) >= 11 is 0.821. The molecule has 10 heteroatoms. The Kier molecular flexibility index (Phi) is 7.08. The number of carbonyl (C=O) groups excluding carboxylic acids is 3. The van der Waals surface area contributed by atoms with E-state index in [9.17, 15) is 24.8 Å². The number of phenols is 1. The smallest absolute Gasteiger partial charge is 0.329 e. The molecule has 28 heavy (non-hydrogen) atoms. The van der Waals surface area contributed by atoms with Gasteiger partial charge in [-0.05, 0) is 23.8 Å². The summed E-state index contributed by atoms with van der Waals surface area (Å²) in [5.74, 6) is -1.81. The van der Waals surface area contributed by atoms with Gasteiger partial charge >= 0.3 is 5.97 Å². The quantitative estimate of drug-likeness (QED) is 0.491. The fourth-order valence-electron chi connectivity index (χ4n) is 2.27. The van der Waals surface area contributed by atoms with Crippen LogP contribution in [0, 0.1) is 11.3 Å². The number of esters is 1. The second-order valence-corrected chi connectivity index (χ2v) is 6.65. The Labute approximate surface area is 164 Å². The van der Waals surface area contributed by atoms with Gasteiger partial charge in [0.05, 0.1) is 17.6 Å². The average molecular weight is 402 g/mol. The van der Waals surface area contributed by atoms with Crippen LogP contribution in [0.25, 0.3) is 0 Å².